The van der Waals surface area contributed by atoms with E-state index in [9.17, 15) is 0 Å². The van der Waals surface area contributed by atoms with Crippen molar-refractivity contribution < 1.29 is 0 Å². The Labute approximate surface area is 117 Å². The molecule has 0 spiro atoms. The molecule has 1 N–H and O–H groups in total. The maximum Gasteiger partial charge on any atom is 0.137 e. The number of hydrogen-bond donors (Lipinski definition) is 1. The fourth-order valence-corrected chi connectivity index (χ4v) is 2.22. The number of aryl methyl sites for hydroxylation is 1. The van der Waals surface area contributed by atoms with Crippen molar-refractivity contribution in [1.29, 1.82) is 0 Å². The van der Waals surface area contributed by atoms with Crippen molar-refractivity contribution in [3.63, 3.8) is 0 Å². The van der Waals surface area contributed by atoms with Crippen LogP contribution in [0.15, 0.2) is 0 Å². The Bertz CT molecular complexity index is 403. The van der Waals surface area contributed by atoms with Gasteiger partial charge in [-0.2, -0.15) is 0 Å². The van der Waals surface area contributed by atoms with E-state index in [4.69, 9.17) is 4.98 Å². The lowest BCUT2D eigenvalue weighted by Crippen LogP contribution is -2.34. The fourth-order valence-electron chi connectivity index (χ4n) is 2.22. The summed E-state index contributed by atoms with van der Waals surface area (Å²) < 4.78 is 0. The van der Waals surface area contributed by atoms with Crippen LogP contribution in [0.3, 0.4) is 0 Å². The first kappa shape index (κ1) is 15.7. The lowest BCUT2D eigenvalue weighted by molar-refractivity contribution is 0.618. The van der Waals surface area contributed by atoms with Crippen LogP contribution in [0.1, 0.15) is 52.4 Å². The van der Waals surface area contributed by atoms with Crippen LogP contribution < -0.4 is 10.2 Å². The molecular formula is C15H28N4. The molecule has 0 aliphatic carbocycles. The van der Waals surface area contributed by atoms with Gasteiger partial charge < -0.3 is 10.2 Å². The Morgan fingerprint density at radius 2 is 1.84 bits per heavy atom. The summed E-state index contributed by atoms with van der Waals surface area (Å²) in [7, 11) is 0. The highest BCUT2D eigenvalue weighted by molar-refractivity contribution is 5.59. The number of nitrogens with zero attached hydrogens (tertiary/aromatic N) is 3. The van der Waals surface area contributed by atoms with Gasteiger partial charge in [0.25, 0.3) is 0 Å². The van der Waals surface area contributed by atoms with Crippen LogP contribution in [0.5, 0.6) is 0 Å². The summed E-state index contributed by atoms with van der Waals surface area (Å²) in [6.45, 7) is 14.8. The Morgan fingerprint density at radius 1 is 1.16 bits per heavy atom. The van der Waals surface area contributed by atoms with Crippen LogP contribution in [0.25, 0.3) is 0 Å². The van der Waals surface area contributed by atoms with Gasteiger partial charge in [-0.05, 0) is 34.1 Å². The molecule has 1 unspecified atom stereocenters. The summed E-state index contributed by atoms with van der Waals surface area (Å²) in [6.07, 6.45) is 1.99. The number of rotatable bonds is 7. The van der Waals surface area contributed by atoms with E-state index in [1.54, 1.807) is 0 Å². The Kier molecular flexibility index (Phi) is 6.06. The first-order valence-corrected chi connectivity index (χ1v) is 7.46. The van der Waals surface area contributed by atoms with Crippen molar-refractivity contribution in [1.82, 2.24) is 9.97 Å². The van der Waals surface area contributed by atoms with E-state index in [1.807, 2.05) is 0 Å². The van der Waals surface area contributed by atoms with Gasteiger partial charge in [0, 0.05) is 31.1 Å². The van der Waals surface area contributed by atoms with Crippen LogP contribution in [-0.2, 0) is 6.42 Å². The zero-order chi connectivity index (χ0) is 14.4. The number of anilines is 2. The van der Waals surface area contributed by atoms with Gasteiger partial charge in [-0.3, -0.25) is 0 Å². The van der Waals surface area contributed by atoms with Gasteiger partial charge in [-0.15, -0.1) is 0 Å². The second kappa shape index (κ2) is 7.31. The molecule has 0 aliphatic heterocycles. The summed E-state index contributed by atoms with van der Waals surface area (Å²) in [4.78, 5) is 11.7. The summed E-state index contributed by atoms with van der Waals surface area (Å²) in [5.41, 5.74) is 1.15. The number of hydrogen-bond acceptors (Lipinski definition) is 4. The Balaban J connectivity index is 3.26. The normalized spacial score (nSPS) is 12.3. The minimum Gasteiger partial charge on any atom is -0.370 e. The van der Waals surface area contributed by atoms with Gasteiger partial charge in [0.1, 0.15) is 17.5 Å². The second-order valence-corrected chi connectivity index (χ2v) is 4.86. The summed E-state index contributed by atoms with van der Waals surface area (Å²) in [6, 6.07) is 0.498. The van der Waals surface area contributed by atoms with Crippen LogP contribution in [-0.4, -0.2) is 29.1 Å². The van der Waals surface area contributed by atoms with Gasteiger partial charge in [0.05, 0.1) is 0 Å². The van der Waals surface area contributed by atoms with Crippen LogP contribution in [0, 0.1) is 6.92 Å². The van der Waals surface area contributed by atoms with E-state index in [1.165, 1.54) is 0 Å². The molecule has 0 aromatic carbocycles. The SMILES string of the molecule is CCNc1nc(CC)nc(N(CC)C(C)CC)c1C. The molecule has 0 amide bonds. The number of nitrogens with one attached hydrogen (secondary N) is 1. The number of aromatic nitrogens is 2. The standard InChI is InChI=1S/C15H28N4/c1-7-11(5)19(10-4)15-12(6)14(16-9-3)17-13(8-2)18-15/h11H,7-10H2,1-6H3,(H,16,17,18). The summed E-state index contributed by atoms with van der Waals surface area (Å²) in [5.74, 6) is 2.98. The third-order valence-corrected chi connectivity index (χ3v) is 3.56. The molecule has 0 radical (unpaired) electrons. The molecule has 1 rings (SSSR count). The molecule has 1 atom stereocenters. The zero-order valence-electron chi connectivity index (χ0n) is 13.2. The molecule has 4 nitrogen and oxygen atoms in total. The van der Waals surface area contributed by atoms with Crippen molar-refractivity contribution in [3.05, 3.63) is 11.4 Å². The van der Waals surface area contributed by atoms with Crippen molar-refractivity contribution in [3.8, 4) is 0 Å². The molecule has 4 heteroatoms. The van der Waals surface area contributed by atoms with Crippen LogP contribution in [0.2, 0.25) is 0 Å². The lowest BCUT2D eigenvalue weighted by Gasteiger charge is -2.30. The Hall–Kier alpha value is -1.32. The molecule has 19 heavy (non-hydrogen) atoms. The minimum absolute atomic E-state index is 0.498. The molecule has 108 valence electrons. The highest BCUT2D eigenvalue weighted by Crippen LogP contribution is 2.25. The fraction of sp³-hybridized carbons (Fsp3) is 0.733. The molecule has 0 bridgehead atoms. The first-order chi connectivity index (χ1) is 9.08. The predicted molar refractivity (Wildman–Crippen MR) is 83.1 cm³/mol. The average molecular weight is 264 g/mol. The average Bonchev–Trinajstić information content (AvgIpc) is 2.43. The molecule has 1 aromatic heterocycles. The summed E-state index contributed by atoms with van der Waals surface area (Å²) >= 11 is 0. The molecule has 1 heterocycles. The molecule has 0 aliphatic rings. The van der Waals surface area contributed by atoms with Crippen molar-refractivity contribution in [2.75, 3.05) is 23.3 Å². The monoisotopic (exact) mass is 264 g/mol. The van der Waals surface area contributed by atoms with Crippen LogP contribution in [0.4, 0.5) is 11.6 Å². The maximum atomic E-state index is 4.75. The minimum atomic E-state index is 0.498. The predicted octanol–water partition coefficient (Wildman–Crippen LogP) is 3.40. The van der Waals surface area contributed by atoms with Gasteiger partial charge in [0.15, 0.2) is 0 Å². The van der Waals surface area contributed by atoms with Gasteiger partial charge in [0.2, 0.25) is 0 Å². The smallest absolute Gasteiger partial charge is 0.137 e. The van der Waals surface area contributed by atoms with Crippen LogP contribution >= 0.6 is 0 Å². The topological polar surface area (TPSA) is 41.1 Å². The lowest BCUT2D eigenvalue weighted by atomic mass is 10.2. The summed E-state index contributed by atoms with van der Waals surface area (Å²) in [5, 5.41) is 3.35. The van der Waals surface area contributed by atoms with Crippen molar-refractivity contribution in [2.24, 2.45) is 0 Å². The molecule has 1 aromatic rings. The zero-order valence-corrected chi connectivity index (χ0v) is 13.2. The van der Waals surface area contributed by atoms with Gasteiger partial charge in [-0.1, -0.05) is 13.8 Å². The second-order valence-electron chi connectivity index (χ2n) is 4.86. The third-order valence-electron chi connectivity index (χ3n) is 3.56. The van der Waals surface area contributed by atoms with E-state index < -0.39 is 0 Å². The van der Waals surface area contributed by atoms with E-state index in [0.717, 1.165) is 49.0 Å². The van der Waals surface area contributed by atoms with Crippen molar-refractivity contribution in [2.45, 2.75) is 60.4 Å². The first-order valence-electron chi connectivity index (χ1n) is 7.46. The van der Waals surface area contributed by atoms with E-state index in [2.05, 4.69) is 56.7 Å². The largest absolute Gasteiger partial charge is 0.370 e. The molecule has 0 fully saturated rings. The Morgan fingerprint density at radius 3 is 2.32 bits per heavy atom. The maximum absolute atomic E-state index is 4.75. The van der Waals surface area contributed by atoms with E-state index in [-0.39, 0.29) is 0 Å². The highest BCUT2D eigenvalue weighted by Gasteiger charge is 2.18. The van der Waals surface area contributed by atoms with Gasteiger partial charge >= 0.3 is 0 Å². The molecular weight excluding hydrogens is 236 g/mol. The molecule has 0 saturated carbocycles. The quantitative estimate of drug-likeness (QED) is 0.819. The van der Waals surface area contributed by atoms with Gasteiger partial charge in [-0.25, -0.2) is 9.97 Å². The third kappa shape index (κ3) is 3.58. The highest BCUT2D eigenvalue weighted by atomic mass is 15.2. The van der Waals surface area contributed by atoms with E-state index >= 15 is 0 Å². The van der Waals surface area contributed by atoms with E-state index in [0.29, 0.717) is 6.04 Å². The molecule has 0 saturated heterocycles. The van der Waals surface area contributed by atoms with Crippen molar-refractivity contribution >= 4 is 11.6 Å².